The molecule has 0 aromatic heterocycles. The molecule has 0 atom stereocenters. The van der Waals surface area contributed by atoms with E-state index in [0.29, 0.717) is 0 Å². The van der Waals surface area contributed by atoms with E-state index in [0.717, 1.165) is 0 Å². The maximum atomic E-state index is 2.22. The van der Waals surface area contributed by atoms with Gasteiger partial charge in [0.1, 0.15) is 0 Å². The molecule has 0 spiro atoms. The monoisotopic (exact) mass is 157 g/mol. The van der Waals surface area contributed by atoms with Crippen LogP contribution >= 0.6 is 0 Å². The van der Waals surface area contributed by atoms with E-state index >= 15 is 0 Å². The summed E-state index contributed by atoms with van der Waals surface area (Å²) >= 11 is 2.13. The molecule has 8 heavy (non-hydrogen) atoms. The Morgan fingerprint density at radius 1 is 1.00 bits per heavy atom. The number of hydrogen-bond donors (Lipinski definition) is 0. The molecule has 0 N–H and O–H groups in total. The van der Waals surface area contributed by atoms with Gasteiger partial charge in [-0.05, 0) is 0 Å². The quantitative estimate of drug-likeness (QED) is 0.433. The zero-order valence-corrected chi connectivity index (χ0v) is 6.07. The van der Waals surface area contributed by atoms with Gasteiger partial charge in [-0.25, -0.2) is 0 Å². The zero-order chi connectivity index (χ0) is 5.54. The van der Waals surface area contributed by atoms with Crippen LogP contribution in [0.3, 0.4) is 0 Å². The standard InChI is InChI=1S/2C3H7.Cu.Li.H/c2*1-3-2;;;/h2*1,3H2,2H3;;;. The molecule has 0 amide bonds. The van der Waals surface area contributed by atoms with Crippen molar-refractivity contribution in [1.82, 2.24) is 0 Å². The average Bonchev–Trinajstić information content (AvgIpc) is 1.69. The molecular weight excluding hydrogens is 143 g/mol. The fourth-order valence-electron chi connectivity index (χ4n) is 0.289. The fourth-order valence-corrected chi connectivity index (χ4v) is 1.19. The van der Waals surface area contributed by atoms with Crippen LogP contribution in [0.4, 0.5) is 0 Å². The van der Waals surface area contributed by atoms with Gasteiger partial charge in [0.25, 0.3) is 0 Å². The summed E-state index contributed by atoms with van der Waals surface area (Å²) in [4.78, 5) is 0. The molecule has 0 aromatic rings. The Labute approximate surface area is 71.1 Å². The molecule has 0 aliphatic heterocycles. The molecule has 0 fully saturated rings. The molecule has 0 aromatic carbocycles. The molecule has 0 heterocycles. The van der Waals surface area contributed by atoms with E-state index in [9.17, 15) is 0 Å². The minimum absolute atomic E-state index is 0. The summed E-state index contributed by atoms with van der Waals surface area (Å²) in [6.07, 6.45) is 2.64. The Balaban J connectivity index is 0. The van der Waals surface area contributed by atoms with Gasteiger partial charge in [0.15, 0.2) is 0 Å². The average molecular weight is 158 g/mol. The van der Waals surface area contributed by atoms with E-state index in [2.05, 4.69) is 28.8 Å². The molecule has 0 aliphatic carbocycles. The molecule has 0 radical (unpaired) electrons. The molecule has 0 unspecified atom stereocenters. The van der Waals surface area contributed by atoms with Crippen LogP contribution in [-0.2, 0) is 15.0 Å². The number of rotatable bonds is 4. The summed E-state index contributed by atoms with van der Waals surface area (Å²) < 4.78 is 0. The molecule has 0 saturated carbocycles. The van der Waals surface area contributed by atoms with Gasteiger partial charge in [0, 0.05) is 0 Å². The van der Waals surface area contributed by atoms with Crippen molar-refractivity contribution in [3.05, 3.63) is 0 Å². The Morgan fingerprint density at radius 3 is 1.62 bits per heavy atom. The topological polar surface area (TPSA) is 0 Å². The SMILES string of the molecule is CC[CH2][Cu][CH2]CC.[LiH]. The predicted molar refractivity (Wildman–Crippen MR) is 37.3 cm³/mol. The second-order valence-electron chi connectivity index (χ2n) is 1.45. The minimum atomic E-state index is 0. The Kier molecular flexibility index (Phi) is 16.3. The molecule has 0 saturated heterocycles. The van der Waals surface area contributed by atoms with Crippen LogP contribution in [0, 0.1) is 0 Å². The third-order valence-electron chi connectivity index (χ3n) is 0.515. The van der Waals surface area contributed by atoms with Gasteiger partial charge in [-0.15, -0.1) is 0 Å². The van der Waals surface area contributed by atoms with Crippen molar-refractivity contribution >= 4 is 18.9 Å². The van der Waals surface area contributed by atoms with Crippen LogP contribution in [0.25, 0.3) is 0 Å². The Bertz CT molecular complexity index is 27.7. The van der Waals surface area contributed by atoms with E-state index in [4.69, 9.17) is 0 Å². The van der Waals surface area contributed by atoms with Gasteiger partial charge in [-0.1, -0.05) is 0 Å². The second-order valence-corrected chi connectivity index (χ2v) is 2.86. The van der Waals surface area contributed by atoms with Gasteiger partial charge in [-0.2, -0.15) is 0 Å². The van der Waals surface area contributed by atoms with Crippen LogP contribution < -0.4 is 0 Å². The molecule has 0 rings (SSSR count). The van der Waals surface area contributed by atoms with Crippen LogP contribution in [0.5, 0.6) is 0 Å². The van der Waals surface area contributed by atoms with E-state index < -0.39 is 0 Å². The molecule has 2 heteroatoms. The van der Waals surface area contributed by atoms with Crippen LogP contribution in [0.15, 0.2) is 0 Å². The predicted octanol–water partition coefficient (Wildman–Crippen LogP) is 2.08. The fraction of sp³-hybridized carbons (Fsp3) is 1.00. The van der Waals surface area contributed by atoms with Crippen LogP contribution in [-0.4, -0.2) is 18.9 Å². The Morgan fingerprint density at radius 2 is 1.38 bits per heavy atom. The summed E-state index contributed by atoms with van der Waals surface area (Å²) in [5.74, 6) is 0. The summed E-state index contributed by atoms with van der Waals surface area (Å²) in [6.45, 7) is 4.44. The first-order valence-electron chi connectivity index (χ1n) is 2.84. The van der Waals surface area contributed by atoms with Gasteiger partial charge in [-0.3, -0.25) is 0 Å². The van der Waals surface area contributed by atoms with Crippen molar-refractivity contribution < 1.29 is 15.0 Å². The van der Waals surface area contributed by atoms with Gasteiger partial charge < -0.3 is 0 Å². The third kappa shape index (κ3) is 10.2. The summed E-state index contributed by atoms with van der Waals surface area (Å²) in [5, 5.41) is 2.66. The van der Waals surface area contributed by atoms with Crippen molar-refractivity contribution in [2.75, 3.05) is 0 Å². The molecule has 0 aliphatic rings. The van der Waals surface area contributed by atoms with E-state index in [1.807, 2.05) is 0 Å². The summed E-state index contributed by atoms with van der Waals surface area (Å²) in [6, 6.07) is 0. The normalized spacial score (nSPS) is 8.75. The maximum absolute atomic E-state index is 2.22. The van der Waals surface area contributed by atoms with Crippen molar-refractivity contribution in [2.24, 2.45) is 0 Å². The second kappa shape index (κ2) is 11.0. The van der Waals surface area contributed by atoms with Crippen LogP contribution in [0.2, 0.25) is 10.6 Å². The van der Waals surface area contributed by atoms with Gasteiger partial charge in [0.2, 0.25) is 0 Å². The van der Waals surface area contributed by atoms with Gasteiger partial charge >= 0.3 is 71.1 Å². The summed E-state index contributed by atoms with van der Waals surface area (Å²) in [5.41, 5.74) is 0. The van der Waals surface area contributed by atoms with Crippen LogP contribution in [0.1, 0.15) is 26.7 Å². The molecular formula is C6H15CuLi. The first-order valence-corrected chi connectivity index (χ1v) is 4.17. The van der Waals surface area contributed by atoms with Crippen molar-refractivity contribution in [3.63, 3.8) is 0 Å². The number of hydrogen-bond acceptors (Lipinski definition) is 0. The zero-order valence-electron chi connectivity index (χ0n) is 5.13. The first-order chi connectivity index (χ1) is 3.41. The Hall–Kier alpha value is 1.12. The first kappa shape index (κ1) is 11.9. The third-order valence-corrected chi connectivity index (χ3v) is 2.12. The van der Waals surface area contributed by atoms with E-state index in [1.54, 1.807) is 0 Å². The molecule has 51 valence electrons. The summed E-state index contributed by atoms with van der Waals surface area (Å²) in [7, 11) is 0. The van der Waals surface area contributed by atoms with Crippen molar-refractivity contribution in [2.45, 2.75) is 37.3 Å². The van der Waals surface area contributed by atoms with E-state index in [1.165, 1.54) is 23.5 Å². The van der Waals surface area contributed by atoms with Gasteiger partial charge in [0.05, 0.1) is 0 Å². The molecule has 0 nitrogen and oxygen atoms in total. The van der Waals surface area contributed by atoms with E-state index in [-0.39, 0.29) is 18.9 Å². The molecule has 0 bridgehead atoms. The van der Waals surface area contributed by atoms with Crippen molar-refractivity contribution in [3.8, 4) is 0 Å². The van der Waals surface area contributed by atoms with Crippen molar-refractivity contribution in [1.29, 1.82) is 0 Å².